The Morgan fingerprint density at radius 3 is 2.43 bits per heavy atom. The van der Waals surface area contributed by atoms with Crippen LogP contribution in [0.4, 0.5) is 0 Å². The largest absolute Gasteiger partial charge is 0.298 e. The van der Waals surface area contributed by atoms with Crippen molar-refractivity contribution in [2.45, 2.75) is 33.4 Å². The van der Waals surface area contributed by atoms with E-state index in [1.165, 1.54) is 11.1 Å². The number of benzene rings is 1. The number of Topliss-reactive ketones (excluding diaryl/α,β-unsaturated/α-hetero) is 1. The first-order valence-corrected chi connectivity index (χ1v) is 8.07. The van der Waals surface area contributed by atoms with Crippen LogP contribution in [0.15, 0.2) is 24.3 Å². The van der Waals surface area contributed by atoms with Crippen LogP contribution in [0.25, 0.3) is 0 Å². The Morgan fingerprint density at radius 2 is 1.86 bits per heavy atom. The van der Waals surface area contributed by atoms with E-state index in [9.17, 15) is 4.79 Å². The lowest BCUT2D eigenvalue weighted by atomic mass is 9.60. The summed E-state index contributed by atoms with van der Waals surface area (Å²) in [4.78, 5) is 18.0. The van der Waals surface area contributed by atoms with E-state index in [1.54, 1.807) is 0 Å². The molecule has 0 N–H and O–H groups in total. The molecule has 4 saturated heterocycles. The summed E-state index contributed by atoms with van der Waals surface area (Å²) in [5.41, 5.74) is 2.42. The van der Waals surface area contributed by atoms with E-state index in [1.807, 2.05) is 0 Å². The standard InChI is InChI=1S/C18H24N2O/c1-4-18-11-19-9-17(3,16(18)21)10-20(12-18)15(19)14-7-5-6-13(2)8-14/h5-8,15H,4,9-12H2,1-3H3. The van der Waals surface area contributed by atoms with Crippen molar-refractivity contribution < 1.29 is 4.79 Å². The van der Waals surface area contributed by atoms with Crippen molar-refractivity contribution in [1.82, 2.24) is 9.80 Å². The van der Waals surface area contributed by atoms with Crippen LogP contribution < -0.4 is 0 Å². The normalized spacial score (nSPS) is 44.3. The summed E-state index contributed by atoms with van der Waals surface area (Å²) in [6.45, 7) is 10.2. The molecule has 0 saturated carbocycles. The number of nitrogens with zero attached hydrogens (tertiary/aromatic N) is 2. The Kier molecular flexibility index (Phi) is 2.68. The van der Waals surface area contributed by atoms with Gasteiger partial charge < -0.3 is 0 Å². The fraction of sp³-hybridized carbons (Fsp3) is 0.611. The third-order valence-corrected chi connectivity index (χ3v) is 5.85. The van der Waals surface area contributed by atoms with Gasteiger partial charge in [0.05, 0.1) is 17.0 Å². The van der Waals surface area contributed by atoms with Crippen molar-refractivity contribution in [3.05, 3.63) is 35.4 Å². The molecule has 4 heterocycles. The van der Waals surface area contributed by atoms with Crippen LogP contribution >= 0.6 is 0 Å². The number of hydrogen-bond acceptors (Lipinski definition) is 3. The summed E-state index contributed by atoms with van der Waals surface area (Å²) < 4.78 is 0. The number of aryl methyl sites for hydroxylation is 1. The molecule has 0 aliphatic carbocycles. The molecule has 0 radical (unpaired) electrons. The lowest BCUT2D eigenvalue weighted by Crippen LogP contribution is -2.75. The zero-order chi connectivity index (χ0) is 14.8. The smallest absolute Gasteiger partial charge is 0.150 e. The molecule has 5 rings (SSSR count). The monoisotopic (exact) mass is 284 g/mol. The Morgan fingerprint density at radius 1 is 1.19 bits per heavy atom. The maximum atomic E-state index is 12.9. The molecule has 2 unspecified atom stereocenters. The van der Waals surface area contributed by atoms with Crippen LogP contribution in [0.2, 0.25) is 0 Å². The lowest BCUT2D eigenvalue weighted by Gasteiger charge is -2.65. The average molecular weight is 284 g/mol. The molecule has 0 spiro atoms. The first kappa shape index (κ1) is 13.5. The van der Waals surface area contributed by atoms with Gasteiger partial charge in [0.1, 0.15) is 5.78 Å². The molecule has 4 aliphatic heterocycles. The minimum Gasteiger partial charge on any atom is -0.298 e. The van der Waals surface area contributed by atoms with E-state index in [0.29, 0.717) is 11.9 Å². The highest BCUT2D eigenvalue weighted by atomic mass is 16.1. The summed E-state index contributed by atoms with van der Waals surface area (Å²) in [5, 5.41) is 0. The molecule has 3 heteroatoms. The SMILES string of the molecule is CCC12CN3CC(C)(CN(C1)C3c1cccc(C)c1)C2=O. The molecule has 112 valence electrons. The number of carbonyl (C=O) groups excluding carboxylic acids is 1. The number of ketones is 1. The topological polar surface area (TPSA) is 23.6 Å². The van der Waals surface area contributed by atoms with Gasteiger partial charge in [-0.25, -0.2) is 0 Å². The zero-order valence-electron chi connectivity index (χ0n) is 13.2. The molecule has 2 atom stereocenters. The quantitative estimate of drug-likeness (QED) is 0.834. The first-order chi connectivity index (χ1) is 9.97. The summed E-state index contributed by atoms with van der Waals surface area (Å²) >= 11 is 0. The van der Waals surface area contributed by atoms with Gasteiger partial charge in [-0.3, -0.25) is 14.6 Å². The van der Waals surface area contributed by atoms with Gasteiger partial charge >= 0.3 is 0 Å². The molecule has 21 heavy (non-hydrogen) atoms. The van der Waals surface area contributed by atoms with Gasteiger partial charge in [0, 0.05) is 26.2 Å². The second kappa shape index (κ2) is 4.17. The maximum absolute atomic E-state index is 12.9. The molecule has 0 aromatic heterocycles. The predicted octanol–water partition coefficient (Wildman–Crippen LogP) is 2.61. The third kappa shape index (κ3) is 1.71. The fourth-order valence-corrected chi connectivity index (χ4v) is 5.03. The Bertz CT molecular complexity index is 593. The molecule has 0 amide bonds. The minimum atomic E-state index is -0.160. The van der Waals surface area contributed by atoms with E-state index in [0.717, 1.165) is 32.6 Å². The Hall–Kier alpha value is -1.19. The second-order valence-electron chi connectivity index (χ2n) is 7.62. The summed E-state index contributed by atoms with van der Waals surface area (Å²) in [7, 11) is 0. The minimum absolute atomic E-state index is 0.119. The fourth-order valence-electron chi connectivity index (χ4n) is 5.03. The van der Waals surface area contributed by atoms with E-state index in [4.69, 9.17) is 0 Å². The summed E-state index contributed by atoms with van der Waals surface area (Å²) in [5.74, 6) is 0.521. The van der Waals surface area contributed by atoms with Crippen molar-refractivity contribution in [2.24, 2.45) is 10.8 Å². The first-order valence-electron chi connectivity index (χ1n) is 8.07. The van der Waals surface area contributed by atoms with Crippen LogP contribution in [-0.4, -0.2) is 41.8 Å². The molecule has 4 aliphatic rings. The van der Waals surface area contributed by atoms with Crippen LogP contribution in [0.5, 0.6) is 0 Å². The molecule has 4 fully saturated rings. The van der Waals surface area contributed by atoms with E-state index in [2.05, 4.69) is 54.8 Å². The number of piperidine rings is 2. The van der Waals surface area contributed by atoms with Crippen molar-refractivity contribution in [1.29, 1.82) is 0 Å². The lowest BCUT2D eigenvalue weighted by molar-refractivity contribution is -0.200. The van der Waals surface area contributed by atoms with Crippen LogP contribution in [0.1, 0.15) is 37.6 Å². The van der Waals surface area contributed by atoms with Gasteiger partial charge in [-0.2, -0.15) is 0 Å². The molecular weight excluding hydrogens is 260 g/mol. The molecule has 1 aromatic rings. The van der Waals surface area contributed by atoms with Gasteiger partial charge in [-0.05, 0) is 18.9 Å². The van der Waals surface area contributed by atoms with Crippen LogP contribution in [0.3, 0.4) is 0 Å². The zero-order valence-corrected chi connectivity index (χ0v) is 13.2. The molecule has 4 bridgehead atoms. The molecule has 3 nitrogen and oxygen atoms in total. The van der Waals surface area contributed by atoms with Crippen molar-refractivity contribution in [3.63, 3.8) is 0 Å². The summed E-state index contributed by atoms with van der Waals surface area (Å²) in [6.07, 6.45) is 1.33. The van der Waals surface area contributed by atoms with Crippen LogP contribution in [0, 0.1) is 17.8 Å². The number of hydrogen-bond donors (Lipinski definition) is 0. The van der Waals surface area contributed by atoms with Gasteiger partial charge in [-0.15, -0.1) is 0 Å². The maximum Gasteiger partial charge on any atom is 0.150 e. The highest BCUT2D eigenvalue weighted by Gasteiger charge is 2.63. The average Bonchev–Trinajstić information content (AvgIpc) is 2.43. The highest BCUT2D eigenvalue weighted by Crippen LogP contribution is 2.53. The van der Waals surface area contributed by atoms with Crippen molar-refractivity contribution >= 4 is 5.78 Å². The van der Waals surface area contributed by atoms with E-state index in [-0.39, 0.29) is 10.8 Å². The molecular formula is C18H24N2O. The third-order valence-electron chi connectivity index (χ3n) is 5.85. The van der Waals surface area contributed by atoms with Crippen LogP contribution in [-0.2, 0) is 4.79 Å². The van der Waals surface area contributed by atoms with Crippen molar-refractivity contribution in [3.8, 4) is 0 Å². The number of carbonyl (C=O) groups is 1. The van der Waals surface area contributed by atoms with Gasteiger partial charge in [0.15, 0.2) is 0 Å². The summed E-state index contributed by atoms with van der Waals surface area (Å²) in [6, 6.07) is 8.85. The van der Waals surface area contributed by atoms with E-state index >= 15 is 0 Å². The second-order valence-corrected chi connectivity index (χ2v) is 7.62. The van der Waals surface area contributed by atoms with Gasteiger partial charge in [-0.1, -0.05) is 43.7 Å². The van der Waals surface area contributed by atoms with Crippen molar-refractivity contribution in [2.75, 3.05) is 26.2 Å². The van der Waals surface area contributed by atoms with Gasteiger partial charge in [0.25, 0.3) is 0 Å². The number of rotatable bonds is 2. The Balaban J connectivity index is 1.76. The molecule has 1 aromatic carbocycles. The van der Waals surface area contributed by atoms with E-state index < -0.39 is 0 Å². The predicted molar refractivity (Wildman–Crippen MR) is 82.9 cm³/mol. The highest BCUT2D eigenvalue weighted by molar-refractivity contribution is 5.93. The Labute approximate surface area is 126 Å². The van der Waals surface area contributed by atoms with Gasteiger partial charge in [0.2, 0.25) is 0 Å².